The van der Waals surface area contributed by atoms with E-state index in [0.29, 0.717) is 5.56 Å². The minimum atomic E-state index is -0.174. The summed E-state index contributed by atoms with van der Waals surface area (Å²) in [6.07, 6.45) is 4.93. The Morgan fingerprint density at radius 1 is 1.08 bits per heavy atom. The molecule has 1 amide bonds. The molecule has 0 radical (unpaired) electrons. The van der Waals surface area contributed by atoms with Crippen molar-refractivity contribution in [3.8, 4) is 0 Å². The van der Waals surface area contributed by atoms with Crippen LogP contribution in [0.5, 0.6) is 0 Å². The first-order valence-electron chi connectivity index (χ1n) is 8.18. The molecule has 2 aromatic carbocycles. The second kappa shape index (κ2) is 6.32. The summed E-state index contributed by atoms with van der Waals surface area (Å²) in [7, 11) is 0. The van der Waals surface area contributed by atoms with E-state index in [1.54, 1.807) is 6.07 Å². The second-order valence-electron chi connectivity index (χ2n) is 6.14. The predicted octanol–water partition coefficient (Wildman–Crippen LogP) is 4.84. The lowest BCUT2D eigenvalue weighted by Crippen LogP contribution is -2.10. The van der Waals surface area contributed by atoms with E-state index in [-0.39, 0.29) is 5.91 Å². The number of amides is 1. The van der Waals surface area contributed by atoms with Crippen molar-refractivity contribution in [1.29, 1.82) is 0 Å². The van der Waals surface area contributed by atoms with Crippen LogP contribution in [0.2, 0.25) is 0 Å². The standard InChI is InChI=1S/C21H18N2O2/c1-15-6-8-16(9-7-15)12-23-13-19(18-4-2-3-5-20(18)23)22-21(24)17-10-11-25-14-17/h2-11,13-14H,12H2,1H3,(H,22,24). The molecular formula is C21H18N2O2. The quantitative estimate of drug-likeness (QED) is 0.582. The van der Waals surface area contributed by atoms with Gasteiger partial charge >= 0.3 is 0 Å². The summed E-state index contributed by atoms with van der Waals surface area (Å²) in [6.45, 7) is 2.83. The highest BCUT2D eigenvalue weighted by Crippen LogP contribution is 2.27. The largest absolute Gasteiger partial charge is 0.472 e. The smallest absolute Gasteiger partial charge is 0.258 e. The average Bonchev–Trinajstić information content (AvgIpc) is 3.27. The molecule has 0 saturated carbocycles. The molecule has 4 heteroatoms. The van der Waals surface area contributed by atoms with Gasteiger partial charge in [-0.1, -0.05) is 48.0 Å². The van der Waals surface area contributed by atoms with Crippen LogP contribution in [-0.2, 0) is 6.54 Å². The summed E-state index contributed by atoms with van der Waals surface area (Å²) < 4.78 is 7.15. The van der Waals surface area contributed by atoms with Crippen LogP contribution in [-0.4, -0.2) is 10.5 Å². The van der Waals surface area contributed by atoms with Gasteiger partial charge in [-0.3, -0.25) is 4.79 Å². The fraction of sp³-hybridized carbons (Fsp3) is 0.0952. The van der Waals surface area contributed by atoms with Crippen LogP contribution < -0.4 is 5.32 Å². The number of fused-ring (bicyclic) bond motifs is 1. The Kier molecular flexibility index (Phi) is 3.86. The van der Waals surface area contributed by atoms with Gasteiger partial charge in [0.05, 0.1) is 23.0 Å². The van der Waals surface area contributed by atoms with Crippen molar-refractivity contribution in [2.75, 3.05) is 5.32 Å². The number of anilines is 1. The van der Waals surface area contributed by atoms with Crippen LogP contribution >= 0.6 is 0 Å². The molecule has 0 aliphatic heterocycles. The summed E-state index contributed by atoms with van der Waals surface area (Å²) in [5, 5.41) is 4.00. The van der Waals surface area contributed by atoms with Gasteiger partial charge in [-0.15, -0.1) is 0 Å². The third kappa shape index (κ3) is 3.06. The van der Waals surface area contributed by atoms with Crippen LogP contribution in [0.3, 0.4) is 0 Å². The third-order valence-electron chi connectivity index (χ3n) is 4.29. The number of hydrogen-bond acceptors (Lipinski definition) is 2. The number of aryl methyl sites for hydroxylation is 1. The number of benzene rings is 2. The van der Waals surface area contributed by atoms with E-state index in [9.17, 15) is 4.79 Å². The van der Waals surface area contributed by atoms with Crippen LogP contribution in [0.25, 0.3) is 10.9 Å². The summed E-state index contributed by atoms with van der Waals surface area (Å²) in [4.78, 5) is 12.3. The number of carbonyl (C=O) groups excluding carboxylic acids is 1. The molecule has 124 valence electrons. The van der Waals surface area contributed by atoms with Gasteiger partial charge in [0.2, 0.25) is 0 Å². The molecule has 4 rings (SSSR count). The summed E-state index contributed by atoms with van der Waals surface area (Å²) in [5.74, 6) is -0.174. The Bertz CT molecular complexity index is 1010. The average molecular weight is 330 g/mol. The van der Waals surface area contributed by atoms with Crippen molar-refractivity contribution in [2.24, 2.45) is 0 Å². The lowest BCUT2D eigenvalue weighted by molar-refractivity contribution is 0.102. The van der Waals surface area contributed by atoms with Gasteiger partial charge in [-0.25, -0.2) is 0 Å². The molecule has 4 aromatic rings. The summed E-state index contributed by atoms with van der Waals surface area (Å²) in [5.41, 5.74) is 4.86. The van der Waals surface area contributed by atoms with Gasteiger partial charge in [0.15, 0.2) is 0 Å². The molecule has 0 aliphatic rings. The highest BCUT2D eigenvalue weighted by Gasteiger charge is 2.13. The fourth-order valence-electron chi connectivity index (χ4n) is 2.96. The van der Waals surface area contributed by atoms with E-state index in [1.165, 1.54) is 23.7 Å². The van der Waals surface area contributed by atoms with Crippen molar-refractivity contribution in [3.63, 3.8) is 0 Å². The number of carbonyl (C=O) groups is 1. The summed E-state index contributed by atoms with van der Waals surface area (Å²) in [6, 6.07) is 18.2. The van der Waals surface area contributed by atoms with Gasteiger partial charge < -0.3 is 14.3 Å². The molecule has 0 spiro atoms. The molecule has 0 aliphatic carbocycles. The highest BCUT2D eigenvalue weighted by atomic mass is 16.3. The molecule has 2 heterocycles. The van der Waals surface area contributed by atoms with Crippen molar-refractivity contribution in [2.45, 2.75) is 13.5 Å². The number of nitrogens with zero attached hydrogens (tertiary/aromatic N) is 1. The highest BCUT2D eigenvalue weighted by molar-refractivity contribution is 6.08. The molecule has 0 fully saturated rings. The van der Waals surface area contributed by atoms with E-state index in [2.05, 4.69) is 47.1 Å². The second-order valence-corrected chi connectivity index (χ2v) is 6.14. The third-order valence-corrected chi connectivity index (χ3v) is 4.29. The van der Waals surface area contributed by atoms with Crippen molar-refractivity contribution in [1.82, 2.24) is 4.57 Å². The predicted molar refractivity (Wildman–Crippen MR) is 98.9 cm³/mol. The summed E-state index contributed by atoms with van der Waals surface area (Å²) >= 11 is 0. The molecule has 4 nitrogen and oxygen atoms in total. The first kappa shape index (κ1) is 15.3. The molecule has 1 N–H and O–H groups in total. The van der Waals surface area contributed by atoms with E-state index < -0.39 is 0 Å². The molecule has 2 aromatic heterocycles. The molecule has 0 saturated heterocycles. The molecule has 0 atom stereocenters. The molecule has 0 unspecified atom stereocenters. The number of aromatic nitrogens is 1. The minimum Gasteiger partial charge on any atom is -0.472 e. The van der Waals surface area contributed by atoms with Crippen LogP contribution in [0.1, 0.15) is 21.5 Å². The number of para-hydroxylation sites is 1. The van der Waals surface area contributed by atoms with E-state index in [4.69, 9.17) is 4.42 Å². The monoisotopic (exact) mass is 330 g/mol. The van der Waals surface area contributed by atoms with Crippen molar-refractivity contribution >= 4 is 22.5 Å². The Morgan fingerprint density at radius 2 is 1.88 bits per heavy atom. The van der Waals surface area contributed by atoms with Gasteiger partial charge in [-0.05, 0) is 24.6 Å². The van der Waals surface area contributed by atoms with Crippen molar-refractivity contribution < 1.29 is 9.21 Å². The molecule has 25 heavy (non-hydrogen) atoms. The van der Waals surface area contributed by atoms with Gasteiger partial charge in [0.25, 0.3) is 5.91 Å². The zero-order chi connectivity index (χ0) is 17.2. The van der Waals surface area contributed by atoms with Gasteiger partial charge in [0, 0.05) is 18.1 Å². The first-order valence-corrected chi connectivity index (χ1v) is 8.18. The molecular weight excluding hydrogens is 312 g/mol. The van der Waals surface area contributed by atoms with Crippen molar-refractivity contribution in [3.05, 3.63) is 90.0 Å². The zero-order valence-corrected chi connectivity index (χ0v) is 13.9. The van der Waals surface area contributed by atoms with Crippen LogP contribution in [0.15, 0.2) is 77.7 Å². The number of furan rings is 1. The first-order chi connectivity index (χ1) is 12.2. The lowest BCUT2D eigenvalue weighted by Gasteiger charge is -2.05. The fourth-order valence-corrected chi connectivity index (χ4v) is 2.96. The SMILES string of the molecule is Cc1ccc(Cn2cc(NC(=O)c3ccoc3)c3ccccc32)cc1. The minimum absolute atomic E-state index is 0.174. The Morgan fingerprint density at radius 3 is 2.64 bits per heavy atom. The normalized spacial score (nSPS) is 10.9. The topological polar surface area (TPSA) is 47.2 Å². The van der Waals surface area contributed by atoms with Gasteiger partial charge in [0.1, 0.15) is 6.26 Å². The maximum atomic E-state index is 12.3. The number of rotatable bonds is 4. The maximum Gasteiger partial charge on any atom is 0.258 e. The van der Waals surface area contributed by atoms with Gasteiger partial charge in [-0.2, -0.15) is 0 Å². The van der Waals surface area contributed by atoms with Crippen LogP contribution in [0, 0.1) is 6.92 Å². The Labute approximate surface area is 145 Å². The number of nitrogens with one attached hydrogen (secondary N) is 1. The number of hydrogen-bond donors (Lipinski definition) is 1. The maximum absolute atomic E-state index is 12.3. The Balaban J connectivity index is 1.68. The zero-order valence-electron chi connectivity index (χ0n) is 13.9. The van der Waals surface area contributed by atoms with E-state index >= 15 is 0 Å². The molecule has 0 bridgehead atoms. The lowest BCUT2D eigenvalue weighted by atomic mass is 10.1. The Hall–Kier alpha value is -3.27. The van der Waals surface area contributed by atoms with E-state index in [0.717, 1.165) is 23.1 Å². The van der Waals surface area contributed by atoms with Crippen LogP contribution in [0.4, 0.5) is 5.69 Å². The van der Waals surface area contributed by atoms with E-state index in [1.807, 2.05) is 24.4 Å².